The molecule has 2 unspecified atom stereocenters. The third-order valence-corrected chi connectivity index (χ3v) is 3.56. The fourth-order valence-electron chi connectivity index (χ4n) is 2.40. The monoisotopic (exact) mass is 206 g/mol. The molecule has 1 fully saturated rings. The third kappa shape index (κ3) is 1.96. The number of Topliss-reactive ketones (excluding diaryl/α,β-unsaturated/α-hetero) is 1. The van der Waals surface area contributed by atoms with Crippen LogP contribution < -0.4 is 0 Å². The maximum absolute atomic E-state index is 11.4. The lowest BCUT2D eigenvalue weighted by Crippen LogP contribution is -2.15. The van der Waals surface area contributed by atoms with Gasteiger partial charge in [0.1, 0.15) is 11.6 Å². The van der Waals surface area contributed by atoms with Gasteiger partial charge in [0.15, 0.2) is 0 Å². The lowest BCUT2D eigenvalue weighted by Gasteiger charge is -2.14. The zero-order chi connectivity index (χ0) is 10.8. The minimum atomic E-state index is 0.229. The molecule has 3 heteroatoms. The predicted molar refractivity (Wildman–Crippen MR) is 58.5 cm³/mol. The smallest absolute Gasteiger partial charge is 0.136 e. The number of ketones is 1. The first kappa shape index (κ1) is 10.4. The average molecular weight is 206 g/mol. The van der Waals surface area contributed by atoms with Crippen molar-refractivity contribution in [1.82, 2.24) is 9.55 Å². The fourth-order valence-corrected chi connectivity index (χ4v) is 2.40. The van der Waals surface area contributed by atoms with Crippen molar-refractivity contribution in [2.75, 3.05) is 0 Å². The van der Waals surface area contributed by atoms with E-state index >= 15 is 0 Å². The van der Waals surface area contributed by atoms with Crippen molar-refractivity contribution < 1.29 is 4.79 Å². The Labute approximate surface area is 90.5 Å². The largest absolute Gasteiger partial charge is 0.335 e. The number of aromatic nitrogens is 2. The van der Waals surface area contributed by atoms with Crippen LogP contribution in [0.4, 0.5) is 0 Å². The molecule has 0 spiro atoms. The molecular formula is C12H18N2O. The van der Waals surface area contributed by atoms with Crippen molar-refractivity contribution in [2.45, 2.75) is 39.7 Å². The highest BCUT2D eigenvalue weighted by Crippen LogP contribution is 2.30. The first-order valence-corrected chi connectivity index (χ1v) is 5.75. The summed E-state index contributed by atoms with van der Waals surface area (Å²) in [5, 5.41) is 0. The van der Waals surface area contributed by atoms with Crippen molar-refractivity contribution in [2.24, 2.45) is 11.8 Å². The number of aryl methyl sites for hydroxylation is 1. The molecule has 2 rings (SSSR count). The molecule has 0 amide bonds. The zero-order valence-corrected chi connectivity index (χ0v) is 9.44. The van der Waals surface area contributed by atoms with E-state index in [1.54, 1.807) is 0 Å². The molecule has 0 radical (unpaired) electrons. The predicted octanol–water partition coefficient (Wildman–Crippen LogP) is 2.06. The maximum Gasteiger partial charge on any atom is 0.136 e. The van der Waals surface area contributed by atoms with Gasteiger partial charge in [-0.2, -0.15) is 0 Å². The number of hydrogen-bond acceptors (Lipinski definition) is 2. The highest BCUT2D eigenvalue weighted by atomic mass is 16.1. The van der Waals surface area contributed by atoms with E-state index < -0.39 is 0 Å². The summed E-state index contributed by atoms with van der Waals surface area (Å²) in [6, 6.07) is 0. The second-order valence-corrected chi connectivity index (χ2v) is 4.39. The summed E-state index contributed by atoms with van der Waals surface area (Å²) in [7, 11) is 0. The van der Waals surface area contributed by atoms with Crippen LogP contribution in [0, 0.1) is 11.8 Å². The summed E-state index contributed by atoms with van der Waals surface area (Å²) in [6.45, 7) is 5.14. The Bertz CT molecular complexity index is 356. The van der Waals surface area contributed by atoms with Gasteiger partial charge < -0.3 is 4.57 Å². The maximum atomic E-state index is 11.4. The molecule has 1 aromatic heterocycles. The van der Waals surface area contributed by atoms with Gasteiger partial charge in [-0.25, -0.2) is 4.98 Å². The van der Waals surface area contributed by atoms with Gasteiger partial charge in [0.05, 0.1) is 0 Å². The van der Waals surface area contributed by atoms with Gasteiger partial charge in [0.2, 0.25) is 0 Å². The van der Waals surface area contributed by atoms with Crippen LogP contribution in [0.25, 0.3) is 0 Å². The summed E-state index contributed by atoms with van der Waals surface area (Å²) in [5.41, 5.74) is 0. The summed E-state index contributed by atoms with van der Waals surface area (Å²) in [6.07, 6.45) is 6.61. The molecule has 1 heterocycles. The molecule has 0 aromatic carbocycles. The van der Waals surface area contributed by atoms with Gasteiger partial charge in [0.25, 0.3) is 0 Å². The molecule has 3 nitrogen and oxygen atoms in total. The van der Waals surface area contributed by atoms with Gasteiger partial charge in [-0.1, -0.05) is 6.92 Å². The number of carbonyl (C=O) groups is 1. The van der Waals surface area contributed by atoms with Crippen LogP contribution in [0.3, 0.4) is 0 Å². The van der Waals surface area contributed by atoms with Crippen LogP contribution in [-0.4, -0.2) is 15.3 Å². The fraction of sp³-hybridized carbons (Fsp3) is 0.667. The van der Waals surface area contributed by atoms with Crippen molar-refractivity contribution in [3.63, 3.8) is 0 Å². The molecular weight excluding hydrogens is 188 g/mol. The van der Waals surface area contributed by atoms with E-state index in [1.165, 1.54) is 0 Å². The summed E-state index contributed by atoms with van der Waals surface area (Å²) in [4.78, 5) is 15.8. The second kappa shape index (κ2) is 4.17. The quantitative estimate of drug-likeness (QED) is 0.758. The SMILES string of the molecule is CCn1ccnc1CC1CCC(=O)C1C. The number of nitrogens with zero attached hydrogens (tertiary/aromatic N) is 2. The standard InChI is InChI=1S/C12H18N2O/c1-3-14-7-6-13-12(14)8-10-4-5-11(15)9(10)2/h6-7,9-10H,3-5,8H2,1-2H3. The van der Waals surface area contributed by atoms with Crippen LogP contribution >= 0.6 is 0 Å². The van der Waals surface area contributed by atoms with E-state index in [1.807, 2.05) is 12.4 Å². The molecule has 0 bridgehead atoms. The zero-order valence-electron chi connectivity index (χ0n) is 9.44. The van der Waals surface area contributed by atoms with E-state index in [2.05, 4.69) is 23.4 Å². The normalized spacial score (nSPS) is 26.1. The summed E-state index contributed by atoms with van der Waals surface area (Å²) < 4.78 is 2.16. The lowest BCUT2D eigenvalue weighted by molar-refractivity contribution is -0.120. The topological polar surface area (TPSA) is 34.9 Å². The minimum absolute atomic E-state index is 0.229. The Hall–Kier alpha value is -1.12. The van der Waals surface area contributed by atoms with Crippen LogP contribution in [0.1, 0.15) is 32.5 Å². The van der Waals surface area contributed by atoms with E-state index in [0.717, 1.165) is 31.6 Å². The molecule has 0 N–H and O–H groups in total. The number of hydrogen-bond donors (Lipinski definition) is 0. The van der Waals surface area contributed by atoms with Crippen molar-refractivity contribution in [3.8, 4) is 0 Å². The Kier molecular flexibility index (Phi) is 2.89. The molecule has 82 valence electrons. The van der Waals surface area contributed by atoms with Gasteiger partial charge in [-0.15, -0.1) is 0 Å². The molecule has 1 aliphatic rings. The Balaban J connectivity index is 2.06. The third-order valence-electron chi connectivity index (χ3n) is 3.56. The Morgan fingerprint density at radius 2 is 2.40 bits per heavy atom. The molecule has 1 aromatic rings. The van der Waals surface area contributed by atoms with Crippen molar-refractivity contribution in [1.29, 1.82) is 0 Å². The second-order valence-electron chi connectivity index (χ2n) is 4.39. The Morgan fingerprint density at radius 3 is 3.00 bits per heavy atom. The summed E-state index contributed by atoms with van der Waals surface area (Å²) in [5.74, 6) is 2.29. The van der Waals surface area contributed by atoms with Crippen molar-refractivity contribution >= 4 is 5.78 Å². The highest BCUT2D eigenvalue weighted by molar-refractivity contribution is 5.83. The van der Waals surface area contributed by atoms with Crippen LogP contribution in [-0.2, 0) is 17.8 Å². The first-order chi connectivity index (χ1) is 7.22. The average Bonchev–Trinajstić information content (AvgIpc) is 2.80. The molecule has 0 saturated heterocycles. The van der Waals surface area contributed by atoms with Gasteiger partial charge in [0, 0.05) is 37.7 Å². The number of imidazole rings is 1. The number of carbonyl (C=O) groups excluding carboxylic acids is 1. The van der Waals surface area contributed by atoms with E-state index in [0.29, 0.717) is 11.7 Å². The minimum Gasteiger partial charge on any atom is -0.335 e. The van der Waals surface area contributed by atoms with Crippen LogP contribution in [0.2, 0.25) is 0 Å². The summed E-state index contributed by atoms with van der Waals surface area (Å²) >= 11 is 0. The van der Waals surface area contributed by atoms with E-state index in [9.17, 15) is 4.79 Å². The first-order valence-electron chi connectivity index (χ1n) is 5.75. The molecule has 1 aliphatic carbocycles. The molecule has 0 aliphatic heterocycles. The molecule has 15 heavy (non-hydrogen) atoms. The molecule has 2 atom stereocenters. The van der Waals surface area contributed by atoms with Crippen molar-refractivity contribution in [3.05, 3.63) is 18.2 Å². The van der Waals surface area contributed by atoms with E-state index in [-0.39, 0.29) is 5.92 Å². The lowest BCUT2D eigenvalue weighted by atomic mass is 9.94. The van der Waals surface area contributed by atoms with Crippen LogP contribution in [0.5, 0.6) is 0 Å². The van der Waals surface area contributed by atoms with Crippen LogP contribution in [0.15, 0.2) is 12.4 Å². The molecule has 1 saturated carbocycles. The van der Waals surface area contributed by atoms with E-state index in [4.69, 9.17) is 0 Å². The Morgan fingerprint density at radius 1 is 1.60 bits per heavy atom. The van der Waals surface area contributed by atoms with Gasteiger partial charge >= 0.3 is 0 Å². The van der Waals surface area contributed by atoms with Gasteiger partial charge in [-0.05, 0) is 19.3 Å². The highest BCUT2D eigenvalue weighted by Gasteiger charge is 2.31. The number of rotatable bonds is 3. The van der Waals surface area contributed by atoms with Gasteiger partial charge in [-0.3, -0.25) is 4.79 Å².